The van der Waals surface area contributed by atoms with Crippen molar-refractivity contribution < 1.29 is 9.69 Å². The van der Waals surface area contributed by atoms with Gasteiger partial charge in [-0.25, -0.2) is 0 Å². The highest BCUT2D eigenvalue weighted by atomic mass is 35.5. The second-order valence-corrected chi connectivity index (χ2v) is 7.69. The number of nitrogens with one attached hydrogen (secondary N) is 2. The Morgan fingerprint density at radius 2 is 2.22 bits per heavy atom. The molecule has 23 heavy (non-hydrogen) atoms. The zero-order valence-electron chi connectivity index (χ0n) is 12.8. The molecule has 1 amide bonds. The number of anilines is 1. The number of thiophene rings is 1. The quantitative estimate of drug-likeness (QED) is 0.843. The van der Waals surface area contributed by atoms with Crippen molar-refractivity contribution in [2.45, 2.75) is 31.8 Å². The van der Waals surface area contributed by atoms with Crippen LogP contribution in [0, 0.1) is 0 Å². The molecule has 1 unspecified atom stereocenters. The fourth-order valence-corrected chi connectivity index (χ4v) is 4.45. The molecule has 1 aromatic carbocycles. The third kappa shape index (κ3) is 3.72. The first-order chi connectivity index (χ1) is 11.1. The van der Waals surface area contributed by atoms with Crippen molar-refractivity contribution in [2.75, 3.05) is 11.9 Å². The summed E-state index contributed by atoms with van der Waals surface area (Å²) in [5.74, 6) is -0.0207. The highest BCUT2D eigenvalue weighted by Crippen LogP contribution is 2.26. The Morgan fingerprint density at radius 3 is 2.96 bits per heavy atom. The first kappa shape index (κ1) is 16.8. The third-order valence-electron chi connectivity index (χ3n) is 4.43. The molecule has 3 atom stereocenters. The zero-order valence-corrected chi connectivity index (χ0v) is 15.1. The number of carbonyl (C=O) groups excluding carboxylic acids is 1. The summed E-state index contributed by atoms with van der Waals surface area (Å²) in [7, 11) is 0. The van der Waals surface area contributed by atoms with Gasteiger partial charge in [-0.2, -0.15) is 0 Å². The molecule has 3 rings (SSSR count). The molecule has 1 aromatic heterocycles. The van der Waals surface area contributed by atoms with E-state index in [-0.39, 0.29) is 11.9 Å². The number of rotatable bonds is 4. The van der Waals surface area contributed by atoms with Crippen molar-refractivity contribution in [1.82, 2.24) is 0 Å². The Bertz CT molecular complexity index is 690. The summed E-state index contributed by atoms with van der Waals surface area (Å²) in [6.07, 6.45) is 2.28. The van der Waals surface area contributed by atoms with Crippen LogP contribution in [0.5, 0.6) is 0 Å². The maximum atomic E-state index is 12.6. The molecule has 2 heterocycles. The van der Waals surface area contributed by atoms with Gasteiger partial charge in [0, 0.05) is 17.9 Å². The van der Waals surface area contributed by atoms with E-state index in [1.165, 1.54) is 9.78 Å². The van der Waals surface area contributed by atoms with Gasteiger partial charge in [0.1, 0.15) is 6.04 Å². The maximum Gasteiger partial charge on any atom is 0.282 e. The fourth-order valence-electron chi connectivity index (χ4n) is 3.21. The van der Waals surface area contributed by atoms with Crippen molar-refractivity contribution in [3.63, 3.8) is 0 Å². The van der Waals surface area contributed by atoms with E-state index in [1.807, 2.05) is 6.92 Å². The number of halogens is 2. The number of hydrogen-bond donors (Lipinski definition) is 2. The number of likely N-dealkylation sites (tertiary alicyclic amines) is 1. The molecule has 0 spiro atoms. The first-order valence-electron chi connectivity index (χ1n) is 7.71. The molecule has 122 valence electrons. The van der Waals surface area contributed by atoms with Crippen LogP contribution in [0.3, 0.4) is 0 Å². The lowest BCUT2D eigenvalue weighted by molar-refractivity contribution is -0.931. The monoisotopic (exact) mass is 369 g/mol. The van der Waals surface area contributed by atoms with Gasteiger partial charge in [-0.3, -0.25) is 4.79 Å². The van der Waals surface area contributed by atoms with Gasteiger partial charge in [-0.15, -0.1) is 11.3 Å². The summed E-state index contributed by atoms with van der Waals surface area (Å²) in [6, 6.07) is 9.60. The summed E-state index contributed by atoms with van der Waals surface area (Å²) >= 11 is 13.9. The van der Waals surface area contributed by atoms with Crippen molar-refractivity contribution in [1.29, 1.82) is 0 Å². The Kier molecular flexibility index (Phi) is 5.27. The Labute approximate surface area is 150 Å². The van der Waals surface area contributed by atoms with E-state index in [4.69, 9.17) is 23.2 Å². The minimum absolute atomic E-state index is 0.0207. The van der Waals surface area contributed by atoms with E-state index in [2.05, 4.69) is 22.8 Å². The molecule has 1 fully saturated rings. The van der Waals surface area contributed by atoms with Crippen LogP contribution < -0.4 is 10.2 Å². The second kappa shape index (κ2) is 7.22. The number of carbonyl (C=O) groups is 1. The molecule has 2 aromatic rings. The number of quaternary nitrogens is 1. The molecule has 2 N–H and O–H groups in total. The number of hydrogen-bond acceptors (Lipinski definition) is 2. The van der Waals surface area contributed by atoms with Gasteiger partial charge in [0.25, 0.3) is 5.91 Å². The minimum atomic E-state index is -0.139. The lowest BCUT2D eigenvalue weighted by Crippen LogP contribution is -3.15. The number of benzene rings is 1. The van der Waals surface area contributed by atoms with E-state index in [1.54, 1.807) is 29.5 Å². The Hall–Kier alpha value is -1.07. The molecule has 1 saturated heterocycles. The topological polar surface area (TPSA) is 33.5 Å². The van der Waals surface area contributed by atoms with Crippen LogP contribution in [0.1, 0.15) is 30.7 Å². The molecule has 1 aliphatic rings. The van der Waals surface area contributed by atoms with Crippen LogP contribution in [0.2, 0.25) is 10.0 Å². The molecule has 6 heteroatoms. The van der Waals surface area contributed by atoms with Gasteiger partial charge < -0.3 is 10.2 Å². The summed E-state index contributed by atoms with van der Waals surface area (Å²) in [5.41, 5.74) is 0.572. The Balaban J connectivity index is 1.73. The predicted molar refractivity (Wildman–Crippen MR) is 96.7 cm³/mol. The molecule has 0 saturated carbocycles. The van der Waals surface area contributed by atoms with E-state index in [0.717, 1.165) is 19.4 Å². The normalized spacial score (nSPS) is 22.0. The fraction of sp³-hybridized carbons (Fsp3) is 0.353. The van der Waals surface area contributed by atoms with Crippen LogP contribution in [-0.2, 0) is 4.79 Å². The van der Waals surface area contributed by atoms with Crippen LogP contribution in [0.15, 0.2) is 35.7 Å². The molecule has 1 aliphatic heterocycles. The summed E-state index contributed by atoms with van der Waals surface area (Å²) < 4.78 is 0. The average Bonchev–Trinajstić information content (AvgIpc) is 3.20. The van der Waals surface area contributed by atoms with E-state index in [0.29, 0.717) is 21.8 Å². The molecular formula is C17H19Cl2N2OS+. The second-order valence-electron chi connectivity index (χ2n) is 5.87. The van der Waals surface area contributed by atoms with Crippen LogP contribution in [0.25, 0.3) is 0 Å². The minimum Gasteiger partial charge on any atom is -0.320 e. The summed E-state index contributed by atoms with van der Waals surface area (Å²) in [6.45, 7) is 3.00. The average molecular weight is 370 g/mol. The lowest BCUT2D eigenvalue weighted by atomic mass is 10.1. The van der Waals surface area contributed by atoms with Gasteiger partial charge in [0.15, 0.2) is 6.04 Å². The van der Waals surface area contributed by atoms with E-state index < -0.39 is 0 Å². The summed E-state index contributed by atoms with van der Waals surface area (Å²) in [5, 5.41) is 6.08. The van der Waals surface area contributed by atoms with Crippen LogP contribution >= 0.6 is 34.5 Å². The first-order valence-corrected chi connectivity index (χ1v) is 9.34. The highest BCUT2D eigenvalue weighted by molar-refractivity contribution is 7.10. The highest BCUT2D eigenvalue weighted by Gasteiger charge is 2.37. The van der Waals surface area contributed by atoms with Crippen molar-refractivity contribution in [3.05, 3.63) is 50.6 Å². The largest absolute Gasteiger partial charge is 0.320 e. The molecule has 0 radical (unpaired) electrons. The van der Waals surface area contributed by atoms with Gasteiger partial charge in [-0.1, -0.05) is 29.3 Å². The van der Waals surface area contributed by atoms with Gasteiger partial charge in [-0.05, 0) is 36.6 Å². The van der Waals surface area contributed by atoms with E-state index in [9.17, 15) is 4.79 Å². The van der Waals surface area contributed by atoms with Crippen molar-refractivity contribution >= 4 is 46.1 Å². The smallest absolute Gasteiger partial charge is 0.282 e. The predicted octanol–water partition coefficient (Wildman–Crippen LogP) is 3.80. The molecule has 3 nitrogen and oxygen atoms in total. The van der Waals surface area contributed by atoms with Crippen molar-refractivity contribution in [2.24, 2.45) is 0 Å². The maximum absolute atomic E-state index is 12.6. The SMILES string of the molecule is C[C@@H](C(=O)Nc1cc(Cl)ccc1Cl)[NH+]1CCC[C@@H]1c1cccs1. The van der Waals surface area contributed by atoms with Crippen LogP contribution in [0.4, 0.5) is 5.69 Å². The van der Waals surface area contributed by atoms with E-state index >= 15 is 0 Å². The summed E-state index contributed by atoms with van der Waals surface area (Å²) in [4.78, 5) is 15.3. The molecular weight excluding hydrogens is 351 g/mol. The van der Waals surface area contributed by atoms with Gasteiger partial charge in [0.2, 0.25) is 0 Å². The molecule has 0 bridgehead atoms. The lowest BCUT2D eigenvalue weighted by Gasteiger charge is -2.26. The van der Waals surface area contributed by atoms with Gasteiger partial charge >= 0.3 is 0 Å². The van der Waals surface area contributed by atoms with Gasteiger partial charge in [0.05, 0.1) is 22.1 Å². The molecule has 0 aliphatic carbocycles. The Morgan fingerprint density at radius 1 is 1.39 bits per heavy atom. The zero-order chi connectivity index (χ0) is 16.4. The van der Waals surface area contributed by atoms with Crippen molar-refractivity contribution in [3.8, 4) is 0 Å². The standard InChI is InChI=1S/C17H18Cl2N2OS/c1-11(17(22)20-14-10-12(18)6-7-13(14)19)21-8-2-4-15(21)16-5-3-9-23-16/h3,5-7,9-11,15H,2,4,8H2,1H3,(H,20,22)/p+1/t11-,15+/m0/s1. The van der Waals surface area contributed by atoms with Crippen LogP contribution in [-0.4, -0.2) is 18.5 Å². The number of amides is 1. The third-order valence-corrected chi connectivity index (χ3v) is 5.98.